The van der Waals surface area contributed by atoms with Gasteiger partial charge in [-0.3, -0.25) is 5.32 Å². The van der Waals surface area contributed by atoms with Crippen molar-refractivity contribution in [2.45, 2.75) is 25.8 Å². The Morgan fingerprint density at radius 2 is 2.09 bits per heavy atom. The first-order chi connectivity index (χ1) is 10.7. The normalized spacial score (nSPS) is 17.3. The van der Waals surface area contributed by atoms with Crippen LogP contribution in [0, 0.1) is 0 Å². The van der Waals surface area contributed by atoms with Gasteiger partial charge in [0.1, 0.15) is 11.6 Å². The predicted octanol–water partition coefficient (Wildman–Crippen LogP) is 3.68. The second kappa shape index (κ2) is 6.47. The van der Waals surface area contributed by atoms with Crippen molar-refractivity contribution in [1.29, 1.82) is 0 Å². The molecule has 1 aliphatic heterocycles. The van der Waals surface area contributed by atoms with Crippen LogP contribution in [0.15, 0.2) is 48.7 Å². The molecule has 3 rings (SSSR count). The number of nitrogens with one attached hydrogen (secondary N) is 1. The highest BCUT2D eigenvalue weighted by atomic mass is 16.6. The molecule has 1 aromatic carbocycles. The third-order valence-corrected chi connectivity index (χ3v) is 3.80. The van der Waals surface area contributed by atoms with Crippen LogP contribution in [0.4, 0.5) is 16.3 Å². The van der Waals surface area contributed by atoms with Crippen molar-refractivity contribution in [3.05, 3.63) is 48.7 Å². The summed E-state index contributed by atoms with van der Waals surface area (Å²) in [6.45, 7) is 3.25. The van der Waals surface area contributed by atoms with Crippen molar-refractivity contribution in [3.63, 3.8) is 0 Å². The van der Waals surface area contributed by atoms with Crippen LogP contribution in [0.3, 0.4) is 0 Å². The molecule has 0 unspecified atom stereocenters. The van der Waals surface area contributed by atoms with Crippen LogP contribution in [-0.4, -0.2) is 23.7 Å². The standard InChI is InChI=1S/C17H19N3O2/c1-13-6-5-11-20(13)16-10-9-14(12-18-16)19-17(21)22-15-7-3-2-4-8-15/h2-4,7-10,12-13H,5-6,11H2,1H3,(H,19,21)/t13-/m1/s1. The first-order valence-electron chi connectivity index (χ1n) is 7.49. The van der Waals surface area contributed by atoms with Crippen LogP contribution in [0.5, 0.6) is 5.75 Å². The number of hydrogen-bond acceptors (Lipinski definition) is 4. The highest BCUT2D eigenvalue weighted by molar-refractivity contribution is 5.86. The van der Waals surface area contributed by atoms with E-state index >= 15 is 0 Å². The zero-order chi connectivity index (χ0) is 15.4. The molecule has 0 bridgehead atoms. The van der Waals surface area contributed by atoms with E-state index in [0.29, 0.717) is 17.5 Å². The number of ether oxygens (including phenoxy) is 1. The lowest BCUT2D eigenvalue weighted by Gasteiger charge is -2.22. The quantitative estimate of drug-likeness (QED) is 0.939. The van der Waals surface area contributed by atoms with E-state index in [2.05, 4.69) is 22.1 Å². The number of hydrogen-bond donors (Lipinski definition) is 1. The Morgan fingerprint density at radius 1 is 1.27 bits per heavy atom. The summed E-state index contributed by atoms with van der Waals surface area (Å²) in [6, 6.07) is 13.3. The first-order valence-corrected chi connectivity index (χ1v) is 7.49. The summed E-state index contributed by atoms with van der Waals surface area (Å²) >= 11 is 0. The summed E-state index contributed by atoms with van der Waals surface area (Å²) in [4.78, 5) is 18.5. The van der Waals surface area contributed by atoms with Gasteiger partial charge in [0.25, 0.3) is 0 Å². The van der Waals surface area contributed by atoms with Gasteiger partial charge in [0.15, 0.2) is 0 Å². The zero-order valence-corrected chi connectivity index (χ0v) is 12.5. The van der Waals surface area contributed by atoms with Gasteiger partial charge in [-0.1, -0.05) is 18.2 Å². The molecular formula is C17H19N3O2. The number of pyridine rings is 1. The first kappa shape index (κ1) is 14.4. The monoisotopic (exact) mass is 297 g/mol. The Bertz CT molecular complexity index is 628. The highest BCUT2D eigenvalue weighted by Gasteiger charge is 2.21. The van der Waals surface area contributed by atoms with E-state index in [9.17, 15) is 4.79 Å². The number of rotatable bonds is 3. The summed E-state index contributed by atoms with van der Waals surface area (Å²) in [5, 5.41) is 2.68. The molecule has 0 spiro atoms. The second-order valence-corrected chi connectivity index (χ2v) is 5.42. The summed E-state index contributed by atoms with van der Waals surface area (Å²) in [7, 11) is 0. The number of anilines is 2. The maximum atomic E-state index is 11.8. The van der Waals surface area contributed by atoms with Gasteiger partial charge in [0.05, 0.1) is 11.9 Å². The van der Waals surface area contributed by atoms with E-state index < -0.39 is 6.09 Å². The number of nitrogens with zero attached hydrogens (tertiary/aromatic N) is 2. The van der Waals surface area contributed by atoms with Gasteiger partial charge < -0.3 is 9.64 Å². The summed E-state index contributed by atoms with van der Waals surface area (Å²) in [5.74, 6) is 1.46. The van der Waals surface area contributed by atoms with Crippen LogP contribution in [0.2, 0.25) is 0 Å². The summed E-state index contributed by atoms with van der Waals surface area (Å²) in [5.41, 5.74) is 0.622. The van der Waals surface area contributed by atoms with Crippen molar-refractivity contribution < 1.29 is 9.53 Å². The van der Waals surface area contributed by atoms with Crippen LogP contribution in [0.1, 0.15) is 19.8 Å². The van der Waals surface area contributed by atoms with Crippen molar-refractivity contribution in [2.24, 2.45) is 0 Å². The predicted molar refractivity (Wildman–Crippen MR) is 86.4 cm³/mol. The van der Waals surface area contributed by atoms with Crippen LogP contribution in [-0.2, 0) is 0 Å². The smallest absolute Gasteiger partial charge is 0.410 e. The van der Waals surface area contributed by atoms with Gasteiger partial charge in [-0.05, 0) is 44.0 Å². The fourth-order valence-electron chi connectivity index (χ4n) is 2.64. The Balaban J connectivity index is 1.60. The molecule has 1 saturated heterocycles. The molecule has 22 heavy (non-hydrogen) atoms. The number of benzene rings is 1. The van der Waals surface area contributed by atoms with Gasteiger partial charge in [0, 0.05) is 12.6 Å². The van der Waals surface area contributed by atoms with Crippen LogP contribution < -0.4 is 15.0 Å². The fraction of sp³-hybridized carbons (Fsp3) is 0.294. The van der Waals surface area contributed by atoms with E-state index in [1.807, 2.05) is 30.3 Å². The fourth-order valence-corrected chi connectivity index (χ4v) is 2.64. The summed E-state index contributed by atoms with van der Waals surface area (Å²) in [6.07, 6.45) is 3.54. The molecule has 2 aromatic rings. The zero-order valence-electron chi connectivity index (χ0n) is 12.5. The van der Waals surface area contributed by atoms with Gasteiger partial charge >= 0.3 is 6.09 Å². The van der Waals surface area contributed by atoms with Crippen molar-refractivity contribution >= 4 is 17.6 Å². The highest BCUT2D eigenvalue weighted by Crippen LogP contribution is 2.24. The molecule has 1 fully saturated rings. The van der Waals surface area contributed by atoms with E-state index in [1.165, 1.54) is 12.8 Å². The molecule has 1 atom stereocenters. The lowest BCUT2D eigenvalue weighted by Crippen LogP contribution is -2.27. The van der Waals surface area contributed by atoms with Crippen molar-refractivity contribution in [2.75, 3.05) is 16.8 Å². The molecule has 1 amide bonds. The molecule has 2 heterocycles. The van der Waals surface area contributed by atoms with E-state index in [4.69, 9.17) is 4.74 Å². The maximum absolute atomic E-state index is 11.8. The minimum Gasteiger partial charge on any atom is -0.410 e. The lowest BCUT2D eigenvalue weighted by molar-refractivity contribution is 0.215. The Kier molecular flexibility index (Phi) is 4.23. The van der Waals surface area contributed by atoms with Crippen molar-refractivity contribution in [1.82, 2.24) is 4.98 Å². The number of aromatic nitrogens is 1. The number of para-hydroxylation sites is 1. The largest absolute Gasteiger partial charge is 0.417 e. The molecule has 1 aliphatic rings. The molecule has 0 radical (unpaired) electrons. The lowest BCUT2D eigenvalue weighted by atomic mass is 10.2. The minimum atomic E-state index is -0.518. The van der Waals surface area contributed by atoms with E-state index in [1.54, 1.807) is 18.3 Å². The maximum Gasteiger partial charge on any atom is 0.417 e. The number of carbonyl (C=O) groups excluding carboxylic acids is 1. The molecule has 1 aromatic heterocycles. The third-order valence-electron chi connectivity index (χ3n) is 3.80. The molecule has 5 heteroatoms. The van der Waals surface area contributed by atoms with E-state index in [-0.39, 0.29) is 0 Å². The average molecular weight is 297 g/mol. The van der Waals surface area contributed by atoms with Crippen molar-refractivity contribution in [3.8, 4) is 5.75 Å². The molecule has 0 saturated carbocycles. The van der Waals surface area contributed by atoms with Crippen LogP contribution in [0.25, 0.3) is 0 Å². The SMILES string of the molecule is C[C@@H]1CCCN1c1ccc(NC(=O)Oc2ccccc2)cn1. The van der Waals surface area contributed by atoms with Gasteiger partial charge in [-0.15, -0.1) is 0 Å². The minimum absolute atomic E-state index is 0.510. The second-order valence-electron chi connectivity index (χ2n) is 5.42. The Labute approximate surface area is 129 Å². The van der Waals surface area contributed by atoms with Gasteiger partial charge in [-0.25, -0.2) is 9.78 Å². The van der Waals surface area contributed by atoms with Gasteiger partial charge in [0.2, 0.25) is 0 Å². The number of amides is 1. The van der Waals surface area contributed by atoms with E-state index in [0.717, 1.165) is 12.4 Å². The molecular weight excluding hydrogens is 278 g/mol. The van der Waals surface area contributed by atoms with Crippen LogP contribution >= 0.6 is 0 Å². The molecule has 5 nitrogen and oxygen atoms in total. The van der Waals surface area contributed by atoms with Gasteiger partial charge in [-0.2, -0.15) is 0 Å². The Morgan fingerprint density at radius 3 is 2.73 bits per heavy atom. The topological polar surface area (TPSA) is 54.5 Å². The third kappa shape index (κ3) is 3.36. The Hall–Kier alpha value is -2.56. The molecule has 1 N–H and O–H groups in total. The summed E-state index contributed by atoms with van der Waals surface area (Å²) < 4.78 is 5.18. The number of carbonyl (C=O) groups is 1. The average Bonchev–Trinajstić information content (AvgIpc) is 2.95. The molecule has 0 aliphatic carbocycles. The molecule has 114 valence electrons.